The molecule has 0 N–H and O–H groups in total. The van der Waals surface area contributed by atoms with Gasteiger partial charge < -0.3 is 4.79 Å². The Bertz CT molecular complexity index is 452. The van der Waals surface area contributed by atoms with E-state index in [-0.39, 0.29) is 23.3 Å². The molecule has 0 saturated carbocycles. The van der Waals surface area contributed by atoms with Crippen LogP contribution >= 0.6 is 0 Å². The Morgan fingerprint density at radius 2 is 2.27 bits per heavy atom. The molecular formula is C12H9FO2. The van der Waals surface area contributed by atoms with Crippen LogP contribution in [0.1, 0.15) is 29.3 Å². The third-order valence-electron chi connectivity index (χ3n) is 1.79. The number of halogens is 1. The fourth-order valence-corrected chi connectivity index (χ4v) is 1.09. The highest BCUT2D eigenvalue weighted by molar-refractivity contribution is 5.94. The second-order valence-corrected chi connectivity index (χ2v) is 2.90. The predicted octanol–water partition coefficient (Wildman–Crippen LogP) is 1.97. The number of hydrogen-bond acceptors (Lipinski definition) is 2. The molecule has 0 spiro atoms. The summed E-state index contributed by atoms with van der Waals surface area (Å²) >= 11 is 0. The van der Waals surface area contributed by atoms with Gasteiger partial charge in [0, 0.05) is 0 Å². The van der Waals surface area contributed by atoms with E-state index < -0.39 is 5.82 Å². The Hall–Kier alpha value is -1.95. The van der Waals surface area contributed by atoms with Crippen LogP contribution in [0.2, 0.25) is 0 Å². The molecule has 0 amide bonds. The Morgan fingerprint density at radius 1 is 1.53 bits per heavy atom. The van der Waals surface area contributed by atoms with Crippen LogP contribution in [0, 0.1) is 17.7 Å². The van der Waals surface area contributed by atoms with E-state index in [2.05, 4.69) is 11.8 Å². The molecule has 0 aliphatic carbocycles. The van der Waals surface area contributed by atoms with Crippen molar-refractivity contribution in [2.24, 2.45) is 0 Å². The van der Waals surface area contributed by atoms with Crippen molar-refractivity contribution < 1.29 is 14.0 Å². The molecule has 0 atom stereocenters. The molecule has 0 fully saturated rings. The standard InChI is InChI=1S/C12H9FO2/c1-9(15)11-7-4-6-10(12(11)13)5-2-3-8-14/h4,6-8H,3H2,1H3. The highest BCUT2D eigenvalue weighted by Gasteiger charge is 2.09. The smallest absolute Gasteiger partial charge is 0.162 e. The maximum Gasteiger partial charge on any atom is 0.162 e. The van der Waals surface area contributed by atoms with Crippen LogP contribution in [0.5, 0.6) is 0 Å². The van der Waals surface area contributed by atoms with E-state index in [0.717, 1.165) is 0 Å². The van der Waals surface area contributed by atoms with Crippen LogP contribution in [0.25, 0.3) is 0 Å². The van der Waals surface area contributed by atoms with Gasteiger partial charge in [0.1, 0.15) is 12.1 Å². The van der Waals surface area contributed by atoms with Gasteiger partial charge in [-0.3, -0.25) is 4.79 Å². The van der Waals surface area contributed by atoms with Gasteiger partial charge in [0.05, 0.1) is 17.5 Å². The van der Waals surface area contributed by atoms with Crippen LogP contribution in [0.15, 0.2) is 18.2 Å². The number of carbonyl (C=O) groups excluding carboxylic acids is 2. The fraction of sp³-hybridized carbons (Fsp3) is 0.167. The molecule has 2 nitrogen and oxygen atoms in total. The van der Waals surface area contributed by atoms with Crippen LogP contribution in [0.3, 0.4) is 0 Å². The molecule has 0 aliphatic rings. The summed E-state index contributed by atoms with van der Waals surface area (Å²) in [7, 11) is 0. The minimum absolute atomic E-state index is 0.0212. The van der Waals surface area contributed by atoms with Crippen LogP contribution < -0.4 is 0 Å². The van der Waals surface area contributed by atoms with Crippen LogP contribution in [-0.4, -0.2) is 12.1 Å². The molecule has 0 aromatic heterocycles. The zero-order valence-electron chi connectivity index (χ0n) is 8.21. The number of rotatable bonds is 2. The van der Waals surface area contributed by atoms with Crippen molar-refractivity contribution in [3.05, 3.63) is 35.1 Å². The monoisotopic (exact) mass is 204 g/mol. The average Bonchev–Trinajstić information content (AvgIpc) is 2.20. The summed E-state index contributed by atoms with van der Waals surface area (Å²) in [5.41, 5.74) is 0.164. The highest BCUT2D eigenvalue weighted by atomic mass is 19.1. The van der Waals surface area contributed by atoms with Crippen molar-refractivity contribution in [3.63, 3.8) is 0 Å². The topological polar surface area (TPSA) is 34.1 Å². The fourth-order valence-electron chi connectivity index (χ4n) is 1.09. The first kappa shape index (κ1) is 11.1. The average molecular weight is 204 g/mol. The van der Waals surface area contributed by atoms with E-state index in [1.807, 2.05) is 0 Å². The van der Waals surface area contributed by atoms with Gasteiger partial charge in [0.15, 0.2) is 5.78 Å². The van der Waals surface area contributed by atoms with E-state index in [0.29, 0.717) is 6.29 Å². The molecule has 0 saturated heterocycles. The van der Waals surface area contributed by atoms with Gasteiger partial charge in [-0.1, -0.05) is 17.9 Å². The molecule has 0 bridgehead atoms. The molecule has 3 heteroatoms. The van der Waals surface area contributed by atoms with E-state index >= 15 is 0 Å². The maximum atomic E-state index is 13.5. The van der Waals surface area contributed by atoms with Gasteiger partial charge in [0.25, 0.3) is 0 Å². The van der Waals surface area contributed by atoms with Crippen LogP contribution in [0.4, 0.5) is 4.39 Å². The SMILES string of the molecule is CC(=O)c1cccc(C#CCC=O)c1F. The lowest BCUT2D eigenvalue weighted by atomic mass is 10.1. The molecule has 0 unspecified atom stereocenters. The van der Waals surface area contributed by atoms with Gasteiger partial charge in [-0.15, -0.1) is 0 Å². The van der Waals surface area contributed by atoms with Crippen molar-refractivity contribution in [1.29, 1.82) is 0 Å². The third-order valence-corrected chi connectivity index (χ3v) is 1.79. The van der Waals surface area contributed by atoms with Gasteiger partial charge in [-0.25, -0.2) is 4.39 Å². The summed E-state index contributed by atoms with van der Waals surface area (Å²) in [5.74, 6) is 4.03. The molecule has 0 aliphatic heterocycles. The molecule has 76 valence electrons. The summed E-state index contributed by atoms with van der Waals surface area (Å²) in [6, 6.07) is 4.44. The normalized spacial score (nSPS) is 8.93. The lowest BCUT2D eigenvalue weighted by Crippen LogP contribution is -1.98. The maximum absolute atomic E-state index is 13.5. The quantitative estimate of drug-likeness (QED) is 0.419. The largest absolute Gasteiger partial charge is 0.302 e. The lowest BCUT2D eigenvalue weighted by Gasteiger charge is -1.99. The molecule has 1 aromatic rings. The molecule has 1 aromatic carbocycles. The van der Waals surface area contributed by atoms with Gasteiger partial charge in [-0.05, 0) is 19.1 Å². The summed E-state index contributed by atoms with van der Waals surface area (Å²) in [6.07, 6.45) is 0.698. The number of hydrogen-bond donors (Lipinski definition) is 0. The number of ketones is 1. The first-order chi connectivity index (χ1) is 7.16. The van der Waals surface area contributed by atoms with E-state index in [4.69, 9.17) is 0 Å². The zero-order valence-corrected chi connectivity index (χ0v) is 8.21. The van der Waals surface area contributed by atoms with Crippen molar-refractivity contribution in [3.8, 4) is 11.8 Å². The minimum atomic E-state index is -0.622. The molecule has 15 heavy (non-hydrogen) atoms. The van der Waals surface area contributed by atoms with Gasteiger partial charge >= 0.3 is 0 Å². The number of benzene rings is 1. The number of carbonyl (C=O) groups is 2. The number of Topliss-reactive ketones (excluding diaryl/α,β-unsaturated/α-hetero) is 1. The summed E-state index contributed by atoms with van der Waals surface area (Å²) in [5, 5.41) is 0. The van der Waals surface area contributed by atoms with Crippen molar-refractivity contribution in [1.82, 2.24) is 0 Å². The van der Waals surface area contributed by atoms with Crippen molar-refractivity contribution >= 4 is 12.1 Å². The van der Waals surface area contributed by atoms with E-state index in [1.165, 1.54) is 19.1 Å². The van der Waals surface area contributed by atoms with E-state index in [1.54, 1.807) is 6.07 Å². The Balaban J connectivity index is 3.11. The summed E-state index contributed by atoms with van der Waals surface area (Å²) in [6.45, 7) is 1.29. The lowest BCUT2D eigenvalue weighted by molar-refractivity contribution is -0.107. The van der Waals surface area contributed by atoms with E-state index in [9.17, 15) is 14.0 Å². The van der Waals surface area contributed by atoms with Crippen molar-refractivity contribution in [2.45, 2.75) is 13.3 Å². The Kier molecular flexibility index (Phi) is 3.75. The Labute approximate surface area is 87.1 Å². The summed E-state index contributed by atoms with van der Waals surface area (Å²) < 4.78 is 13.5. The number of aldehydes is 1. The molecule has 0 radical (unpaired) electrons. The molecular weight excluding hydrogens is 195 g/mol. The predicted molar refractivity (Wildman–Crippen MR) is 54.0 cm³/mol. The summed E-state index contributed by atoms with van der Waals surface area (Å²) in [4.78, 5) is 21.0. The van der Waals surface area contributed by atoms with Crippen molar-refractivity contribution in [2.75, 3.05) is 0 Å². The third kappa shape index (κ3) is 2.75. The van der Waals surface area contributed by atoms with Gasteiger partial charge in [-0.2, -0.15) is 0 Å². The second kappa shape index (κ2) is 5.06. The van der Waals surface area contributed by atoms with Gasteiger partial charge in [0.2, 0.25) is 0 Å². The second-order valence-electron chi connectivity index (χ2n) is 2.90. The first-order valence-electron chi connectivity index (χ1n) is 4.38. The zero-order chi connectivity index (χ0) is 11.3. The minimum Gasteiger partial charge on any atom is -0.302 e. The highest BCUT2D eigenvalue weighted by Crippen LogP contribution is 2.12. The molecule has 0 heterocycles. The first-order valence-corrected chi connectivity index (χ1v) is 4.38. The van der Waals surface area contributed by atoms with Crippen LogP contribution in [-0.2, 0) is 4.79 Å². The molecule has 1 rings (SSSR count). The Morgan fingerprint density at radius 3 is 2.87 bits per heavy atom.